The average Bonchev–Trinajstić information content (AvgIpc) is 3.10. The van der Waals surface area contributed by atoms with Gasteiger partial charge < -0.3 is 5.32 Å². The van der Waals surface area contributed by atoms with E-state index >= 15 is 0 Å². The van der Waals surface area contributed by atoms with Crippen molar-refractivity contribution in [2.24, 2.45) is 0 Å². The van der Waals surface area contributed by atoms with E-state index < -0.39 is 0 Å². The van der Waals surface area contributed by atoms with Gasteiger partial charge in [0.05, 0.1) is 11.5 Å². The minimum Gasteiger partial charge on any atom is -0.355 e. The van der Waals surface area contributed by atoms with Crippen LogP contribution in [0, 0.1) is 0 Å². The number of nitrogens with zero attached hydrogens (tertiary/aromatic N) is 2. The summed E-state index contributed by atoms with van der Waals surface area (Å²) in [6.07, 6.45) is 1.89. The highest BCUT2D eigenvalue weighted by Gasteiger charge is 2.11. The Kier molecular flexibility index (Phi) is 8.43. The molecule has 0 aliphatic heterocycles. The van der Waals surface area contributed by atoms with Gasteiger partial charge in [0.1, 0.15) is 0 Å². The predicted octanol–water partition coefficient (Wildman–Crippen LogP) is 3.69. The number of carbonyl (C=O) groups excluding carboxylic acids is 2. The van der Waals surface area contributed by atoms with Crippen LogP contribution in [-0.2, 0) is 11.2 Å². The maximum atomic E-state index is 12.2. The number of amides is 1. The fraction of sp³-hybridized carbons (Fsp3) is 0.412. The van der Waals surface area contributed by atoms with Crippen molar-refractivity contribution >= 4 is 46.6 Å². The Morgan fingerprint density at radius 1 is 1.04 bits per heavy atom. The molecule has 1 aromatic heterocycles. The van der Waals surface area contributed by atoms with Gasteiger partial charge >= 0.3 is 0 Å². The lowest BCUT2D eigenvalue weighted by molar-refractivity contribution is -0.118. The van der Waals surface area contributed by atoms with Crippen LogP contribution in [0.15, 0.2) is 32.9 Å². The van der Waals surface area contributed by atoms with Gasteiger partial charge in [-0.1, -0.05) is 73.0 Å². The highest BCUT2D eigenvalue weighted by atomic mass is 32.2. The molecule has 1 N–H and O–H groups in total. The van der Waals surface area contributed by atoms with Crippen LogP contribution in [0.5, 0.6) is 0 Å². The van der Waals surface area contributed by atoms with Crippen molar-refractivity contribution in [3.8, 4) is 0 Å². The smallest absolute Gasteiger partial charge is 0.230 e. The van der Waals surface area contributed by atoms with Crippen molar-refractivity contribution in [2.75, 3.05) is 18.1 Å². The van der Waals surface area contributed by atoms with Crippen LogP contribution in [0.3, 0.4) is 0 Å². The van der Waals surface area contributed by atoms with Crippen molar-refractivity contribution in [2.45, 2.75) is 35.4 Å². The maximum absolute atomic E-state index is 12.2. The number of nitrogens with one attached hydrogen (secondary N) is 1. The Morgan fingerprint density at radius 2 is 1.68 bits per heavy atom. The van der Waals surface area contributed by atoms with Crippen LogP contribution >= 0.6 is 34.9 Å². The molecule has 0 saturated heterocycles. The summed E-state index contributed by atoms with van der Waals surface area (Å²) in [5.74, 6) is 0.752. The van der Waals surface area contributed by atoms with Gasteiger partial charge in [-0.15, -0.1) is 10.2 Å². The molecule has 0 saturated carbocycles. The Morgan fingerprint density at radius 3 is 2.28 bits per heavy atom. The van der Waals surface area contributed by atoms with E-state index in [1.165, 1.54) is 40.4 Å². The zero-order valence-corrected chi connectivity index (χ0v) is 16.7. The molecule has 1 aromatic carbocycles. The fourth-order valence-electron chi connectivity index (χ4n) is 1.89. The van der Waals surface area contributed by atoms with E-state index in [0.717, 1.165) is 27.1 Å². The maximum Gasteiger partial charge on any atom is 0.230 e. The quantitative estimate of drug-likeness (QED) is 0.489. The lowest BCUT2D eigenvalue weighted by atomic mass is 10.1. The third-order valence-electron chi connectivity index (χ3n) is 3.30. The lowest BCUT2D eigenvalue weighted by Gasteiger charge is -2.01. The highest BCUT2D eigenvalue weighted by molar-refractivity contribution is 8.03. The Hall–Kier alpha value is -1.38. The molecule has 2 aromatic rings. The number of Topliss-reactive ketones (excluding diaryl/α,β-unsaturated/α-hetero) is 1. The molecule has 8 heteroatoms. The summed E-state index contributed by atoms with van der Waals surface area (Å²) in [6.45, 7) is 4.80. The van der Waals surface area contributed by atoms with E-state index in [9.17, 15) is 9.59 Å². The first-order valence-electron chi connectivity index (χ1n) is 8.10. The summed E-state index contributed by atoms with van der Waals surface area (Å²) in [5, 5.41) is 11.0. The summed E-state index contributed by atoms with van der Waals surface area (Å²) >= 11 is 4.17. The van der Waals surface area contributed by atoms with Crippen molar-refractivity contribution in [1.82, 2.24) is 15.5 Å². The molecule has 0 fully saturated rings. The number of rotatable bonds is 10. The molecule has 0 aliphatic carbocycles. The number of hydrogen-bond acceptors (Lipinski definition) is 7. The SMILES string of the molecule is CCCNC(=O)CSc1nnc(SCC(=O)c2ccc(CC)cc2)s1. The fourth-order valence-corrected chi connectivity index (χ4v) is 4.64. The summed E-state index contributed by atoms with van der Waals surface area (Å²) in [6, 6.07) is 7.72. The molecule has 0 spiro atoms. The Labute approximate surface area is 160 Å². The molecular formula is C17H21N3O2S3. The second-order valence-corrected chi connectivity index (χ2v) is 8.66. The zero-order chi connectivity index (χ0) is 18.1. The number of aromatic nitrogens is 2. The second kappa shape index (κ2) is 10.6. The minimum atomic E-state index is 0.00181. The van der Waals surface area contributed by atoms with E-state index in [1.807, 2.05) is 31.2 Å². The predicted molar refractivity (Wildman–Crippen MR) is 105 cm³/mol. The number of carbonyl (C=O) groups is 2. The molecule has 1 heterocycles. The summed E-state index contributed by atoms with van der Waals surface area (Å²) in [5.41, 5.74) is 1.94. The molecule has 134 valence electrons. The lowest BCUT2D eigenvalue weighted by Crippen LogP contribution is -2.25. The van der Waals surface area contributed by atoms with Gasteiger partial charge in [-0.25, -0.2) is 0 Å². The molecule has 1 amide bonds. The standard InChI is InChI=1S/C17H21N3O2S3/c1-3-9-18-15(22)11-24-17-20-19-16(25-17)23-10-14(21)13-7-5-12(4-2)6-8-13/h5-8H,3-4,9-11H2,1-2H3,(H,18,22). The molecule has 0 radical (unpaired) electrons. The Bertz CT molecular complexity index is 701. The van der Waals surface area contributed by atoms with Crippen LogP contribution in [0.1, 0.15) is 36.2 Å². The van der Waals surface area contributed by atoms with Gasteiger partial charge in [0.2, 0.25) is 5.91 Å². The third kappa shape index (κ3) is 6.80. The molecule has 0 atom stereocenters. The van der Waals surface area contributed by atoms with Crippen molar-refractivity contribution < 1.29 is 9.59 Å². The van der Waals surface area contributed by atoms with Gasteiger partial charge in [0, 0.05) is 12.1 Å². The summed E-state index contributed by atoms with van der Waals surface area (Å²) in [7, 11) is 0. The molecule has 0 aliphatic rings. The number of benzene rings is 1. The zero-order valence-electron chi connectivity index (χ0n) is 14.3. The van der Waals surface area contributed by atoms with Gasteiger partial charge in [-0.05, 0) is 18.4 Å². The summed E-state index contributed by atoms with van der Waals surface area (Å²) < 4.78 is 1.49. The van der Waals surface area contributed by atoms with Gasteiger partial charge in [-0.2, -0.15) is 0 Å². The van der Waals surface area contributed by atoms with Crippen LogP contribution in [0.25, 0.3) is 0 Å². The van der Waals surface area contributed by atoms with Gasteiger partial charge in [0.15, 0.2) is 14.5 Å². The van der Waals surface area contributed by atoms with E-state index in [1.54, 1.807) is 0 Å². The first kappa shape index (κ1) is 19.9. The summed E-state index contributed by atoms with van der Waals surface area (Å²) in [4.78, 5) is 23.8. The topological polar surface area (TPSA) is 72.0 Å². The first-order valence-corrected chi connectivity index (χ1v) is 10.9. The molecular weight excluding hydrogens is 374 g/mol. The number of thioether (sulfide) groups is 2. The van der Waals surface area contributed by atoms with Crippen LogP contribution in [0.2, 0.25) is 0 Å². The van der Waals surface area contributed by atoms with Gasteiger partial charge in [0.25, 0.3) is 0 Å². The van der Waals surface area contributed by atoms with E-state index in [0.29, 0.717) is 18.1 Å². The average molecular weight is 396 g/mol. The van der Waals surface area contributed by atoms with Crippen molar-refractivity contribution in [1.29, 1.82) is 0 Å². The normalized spacial score (nSPS) is 10.6. The van der Waals surface area contributed by atoms with Crippen LogP contribution in [-0.4, -0.2) is 39.9 Å². The molecule has 0 bridgehead atoms. The van der Waals surface area contributed by atoms with E-state index in [2.05, 4.69) is 22.4 Å². The van der Waals surface area contributed by atoms with Crippen LogP contribution in [0.4, 0.5) is 0 Å². The van der Waals surface area contributed by atoms with Crippen LogP contribution < -0.4 is 5.32 Å². The number of ketones is 1. The number of aryl methyl sites for hydroxylation is 1. The Balaban J connectivity index is 1.78. The van der Waals surface area contributed by atoms with E-state index in [4.69, 9.17) is 0 Å². The first-order chi connectivity index (χ1) is 12.1. The molecule has 25 heavy (non-hydrogen) atoms. The molecule has 0 unspecified atom stereocenters. The van der Waals surface area contributed by atoms with Crippen molar-refractivity contribution in [3.63, 3.8) is 0 Å². The number of hydrogen-bond donors (Lipinski definition) is 1. The monoisotopic (exact) mass is 395 g/mol. The third-order valence-corrected chi connectivity index (χ3v) is 6.49. The largest absolute Gasteiger partial charge is 0.355 e. The van der Waals surface area contributed by atoms with Crippen molar-refractivity contribution in [3.05, 3.63) is 35.4 Å². The van der Waals surface area contributed by atoms with E-state index in [-0.39, 0.29) is 11.7 Å². The molecule has 2 rings (SSSR count). The molecule has 5 nitrogen and oxygen atoms in total. The minimum absolute atomic E-state index is 0.00181. The van der Waals surface area contributed by atoms with Gasteiger partial charge in [-0.3, -0.25) is 9.59 Å². The second-order valence-electron chi connectivity index (χ2n) is 5.23. The highest BCUT2D eigenvalue weighted by Crippen LogP contribution is 2.29.